The van der Waals surface area contributed by atoms with E-state index in [-0.39, 0.29) is 25.4 Å². The summed E-state index contributed by atoms with van der Waals surface area (Å²) in [5.41, 5.74) is 0.462. The molecule has 0 amide bonds. The number of phenolic OH excluding ortho intramolecular Hbond substituents is 1. The molecule has 1 aliphatic heterocycles. The molecule has 0 saturated carbocycles. The molecular formula is C10H9BrO5. The predicted molar refractivity (Wildman–Crippen MR) is 57.9 cm³/mol. The van der Waals surface area contributed by atoms with Crippen LogP contribution in [0, 0.1) is 0 Å². The number of halogens is 1. The van der Waals surface area contributed by atoms with E-state index in [1.165, 1.54) is 0 Å². The van der Waals surface area contributed by atoms with E-state index in [2.05, 4.69) is 15.9 Å². The maximum Gasteiger partial charge on any atom is 0.303 e. The molecule has 0 bridgehead atoms. The first kappa shape index (κ1) is 11.1. The maximum atomic E-state index is 10.5. The molecule has 0 saturated heterocycles. The van der Waals surface area contributed by atoms with E-state index in [4.69, 9.17) is 14.6 Å². The number of aliphatic carboxylic acids is 1. The van der Waals surface area contributed by atoms with Crippen LogP contribution in [0.2, 0.25) is 0 Å². The highest BCUT2D eigenvalue weighted by Gasteiger charge is 2.23. The lowest BCUT2D eigenvalue weighted by atomic mass is 10.1. The quantitative estimate of drug-likeness (QED) is 0.888. The van der Waals surface area contributed by atoms with E-state index in [9.17, 15) is 9.90 Å². The minimum atomic E-state index is -0.924. The summed E-state index contributed by atoms with van der Waals surface area (Å²) >= 11 is 3.17. The fourth-order valence-electron chi connectivity index (χ4n) is 1.53. The molecule has 1 aromatic rings. The summed E-state index contributed by atoms with van der Waals surface area (Å²) < 4.78 is 10.8. The van der Waals surface area contributed by atoms with Crippen molar-refractivity contribution in [1.29, 1.82) is 0 Å². The van der Waals surface area contributed by atoms with Gasteiger partial charge in [0.15, 0.2) is 11.5 Å². The second-order valence-corrected chi connectivity index (χ2v) is 4.17. The number of benzene rings is 1. The third kappa shape index (κ3) is 1.92. The van der Waals surface area contributed by atoms with Crippen LogP contribution in [-0.2, 0) is 11.2 Å². The highest BCUT2D eigenvalue weighted by atomic mass is 79.9. The van der Waals surface area contributed by atoms with Crippen LogP contribution < -0.4 is 9.47 Å². The fraction of sp³-hybridized carbons (Fsp3) is 0.300. The smallest absolute Gasteiger partial charge is 0.303 e. The maximum absolute atomic E-state index is 10.5. The Kier molecular flexibility index (Phi) is 2.91. The molecule has 86 valence electrons. The lowest BCUT2D eigenvalue weighted by molar-refractivity contribution is -0.136. The van der Waals surface area contributed by atoms with Crippen molar-refractivity contribution in [3.05, 3.63) is 16.1 Å². The van der Waals surface area contributed by atoms with Gasteiger partial charge in [-0.15, -0.1) is 0 Å². The van der Waals surface area contributed by atoms with Crippen molar-refractivity contribution in [3.63, 3.8) is 0 Å². The number of rotatable bonds is 3. The molecule has 5 nitrogen and oxygen atoms in total. The number of aromatic hydroxyl groups is 1. The average Bonchev–Trinajstić information content (AvgIpc) is 2.65. The molecule has 0 radical (unpaired) electrons. The molecule has 16 heavy (non-hydrogen) atoms. The number of carboxylic acid groups (broad SMARTS) is 1. The largest absolute Gasteiger partial charge is 0.506 e. The number of carbonyl (C=O) groups is 1. The molecule has 2 N–H and O–H groups in total. The molecule has 0 unspecified atom stereocenters. The van der Waals surface area contributed by atoms with E-state index in [0.717, 1.165) is 0 Å². The van der Waals surface area contributed by atoms with Crippen molar-refractivity contribution in [3.8, 4) is 17.2 Å². The fourth-order valence-corrected chi connectivity index (χ4v) is 1.98. The number of hydrogen-bond acceptors (Lipinski definition) is 4. The second kappa shape index (κ2) is 4.21. The summed E-state index contributed by atoms with van der Waals surface area (Å²) in [5, 5.41) is 18.4. The number of fused-ring (bicyclic) bond motifs is 1. The first-order chi connectivity index (χ1) is 7.59. The zero-order valence-electron chi connectivity index (χ0n) is 8.20. The van der Waals surface area contributed by atoms with Crippen LogP contribution in [0.5, 0.6) is 17.2 Å². The third-order valence-corrected chi connectivity index (χ3v) is 2.88. The van der Waals surface area contributed by atoms with Crippen molar-refractivity contribution in [2.75, 3.05) is 6.79 Å². The number of phenols is 1. The summed E-state index contributed by atoms with van der Waals surface area (Å²) in [7, 11) is 0. The topological polar surface area (TPSA) is 76.0 Å². The Hall–Kier alpha value is -1.43. The molecule has 2 rings (SSSR count). The predicted octanol–water partition coefficient (Wildman–Crippen LogP) is 1.90. The van der Waals surface area contributed by atoms with E-state index >= 15 is 0 Å². The van der Waals surface area contributed by atoms with Gasteiger partial charge in [-0.3, -0.25) is 4.79 Å². The first-order valence-corrected chi connectivity index (χ1v) is 5.40. The highest BCUT2D eigenvalue weighted by Crippen LogP contribution is 2.45. The molecule has 1 aliphatic rings. The average molecular weight is 289 g/mol. The number of ether oxygens (including phenoxy) is 2. The zero-order valence-corrected chi connectivity index (χ0v) is 9.78. The SMILES string of the molecule is O=C(O)CCc1c(O)c(Br)cc2c1OCO2. The monoisotopic (exact) mass is 288 g/mol. The highest BCUT2D eigenvalue weighted by molar-refractivity contribution is 9.10. The van der Waals surface area contributed by atoms with Crippen LogP contribution in [0.3, 0.4) is 0 Å². The van der Waals surface area contributed by atoms with Gasteiger partial charge in [-0.2, -0.15) is 0 Å². The molecule has 0 spiro atoms. The first-order valence-electron chi connectivity index (χ1n) is 4.61. The van der Waals surface area contributed by atoms with Gasteiger partial charge in [0.05, 0.1) is 4.47 Å². The Bertz CT molecular complexity index is 443. The van der Waals surface area contributed by atoms with Crippen molar-refractivity contribution in [2.24, 2.45) is 0 Å². The summed E-state index contributed by atoms with van der Waals surface area (Å²) in [6.07, 6.45) is 0.131. The zero-order chi connectivity index (χ0) is 11.7. The Labute approximate surface area is 99.7 Å². The standard InChI is InChI=1S/C10H9BrO5/c11-6-3-7-10(16-4-15-7)5(9(6)14)1-2-8(12)13/h3,14H,1-2,4H2,(H,12,13). The Morgan fingerprint density at radius 3 is 2.94 bits per heavy atom. The van der Waals surface area contributed by atoms with E-state index in [1.54, 1.807) is 6.07 Å². The lowest BCUT2D eigenvalue weighted by Gasteiger charge is -2.08. The van der Waals surface area contributed by atoms with Crippen LogP contribution in [-0.4, -0.2) is 23.0 Å². The third-order valence-electron chi connectivity index (χ3n) is 2.27. The van der Waals surface area contributed by atoms with E-state index in [1.807, 2.05) is 0 Å². The van der Waals surface area contributed by atoms with Crippen LogP contribution in [0.1, 0.15) is 12.0 Å². The van der Waals surface area contributed by atoms with Crippen molar-refractivity contribution < 1.29 is 24.5 Å². The van der Waals surface area contributed by atoms with Gasteiger partial charge >= 0.3 is 5.97 Å². The lowest BCUT2D eigenvalue weighted by Crippen LogP contribution is -1.99. The minimum Gasteiger partial charge on any atom is -0.506 e. The minimum absolute atomic E-state index is 0.00509. The molecule has 0 fully saturated rings. The molecule has 1 aromatic carbocycles. The summed E-state index contributed by atoms with van der Waals surface area (Å²) in [5.74, 6) is 0.0320. The second-order valence-electron chi connectivity index (χ2n) is 3.31. The van der Waals surface area contributed by atoms with Gasteiger partial charge in [-0.1, -0.05) is 0 Å². The molecule has 0 aromatic heterocycles. The normalized spacial score (nSPS) is 12.8. The van der Waals surface area contributed by atoms with Crippen LogP contribution in [0.4, 0.5) is 0 Å². The van der Waals surface area contributed by atoms with Gasteiger partial charge in [-0.05, 0) is 22.4 Å². The van der Waals surface area contributed by atoms with Crippen LogP contribution in [0.25, 0.3) is 0 Å². The van der Waals surface area contributed by atoms with Crippen molar-refractivity contribution in [2.45, 2.75) is 12.8 Å². The molecule has 6 heteroatoms. The van der Waals surface area contributed by atoms with E-state index in [0.29, 0.717) is 21.5 Å². The summed E-state index contributed by atoms with van der Waals surface area (Å²) in [4.78, 5) is 10.5. The van der Waals surface area contributed by atoms with Crippen molar-refractivity contribution >= 4 is 21.9 Å². The van der Waals surface area contributed by atoms with Crippen LogP contribution in [0.15, 0.2) is 10.5 Å². The number of hydrogen-bond donors (Lipinski definition) is 2. The van der Waals surface area contributed by atoms with Crippen LogP contribution >= 0.6 is 15.9 Å². The molecule has 0 atom stereocenters. The Morgan fingerprint density at radius 2 is 2.25 bits per heavy atom. The van der Waals surface area contributed by atoms with Gasteiger partial charge < -0.3 is 19.7 Å². The Morgan fingerprint density at radius 1 is 1.50 bits per heavy atom. The van der Waals surface area contributed by atoms with Gasteiger partial charge in [0, 0.05) is 18.1 Å². The summed E-state index contributed by atoms with van der Waals surface area (Å²) in [6.45, 7) is 0.0886. The number of carboxylic acids is 1. The summed E-state index contributed by atoms with van der Waals surface area (Å²) in [6, 6.07) is 1.60. The van der Waals surface area contributed by atoms with Gasteiger partial charge in [0.25, 0.3) is 0 Å². The van der Waals surface area contributed by atoms with Gasteiger partial charge in [0.2, 0.25) is 6.79 Å². The van der Waals surface area contributed by atoms with Gasteiger partial charge in [0.1, 0.15) is 5.75 Å². The molecule has 1 heterocycles. The molecule has 0 aliphatic carbocycles. The van der Waals surface area contributed by atoms with Gasteiger partial charge in [-0.25, -0.2) is 0 Å². The Balaban J connectivity index is 2.38. The van der Waals surface area contributed by atoms with E-state index < -0.39 is 5.97 Å². The van der Waals surface area contributed by atoms with Crippen molar-refractivity contribution in [1.82, 2.24) is 0 Å². The molecular weight excluding hydrogens is 280 g/mol.